The van der Waals surface area contributed by atoms with Crippen LogP contribution in [0.5, 0.6) is 0 Å². The van der Waals surface area contributed by atoms with Crippen molar-refractivity contribution in [3.05, 3.63) is 35.8 Å². The molecule has 4 heteroatoms. The summed E-state index contributed by atoms with van der Waals surface area (Å²) >= 11 is 0. The third kappa shape index (κ3) is 1.90. The van der Waals surface area contributed by atoms with E-state index in [1.54, 1.807) is 10.6 Å². The summed E-state index contributed by atoms with van der Waals surface area (Å²) in [5.41, 5.74) is 1.70. The molecule has 2 aromatic heterocycles. The average Bonchev–Trinajstić information content (AvgIpc) is 2.69. The zero-order chi connectivity index (χ0) is 12.4. The fraction of sp³-hybridized carbons (Fsp3) is 0.385. The Labute approximate surface area is 99.9 Å². The molecule has 0 spiro atoms. The van der Waals surface area contributed by atoms with Crippen LogP contribution < -0.4 is 0 Å². The van der Waals surface area contributed by atoms with Gasteiger partial charge in [-0.3, -0.25) is 4.40 Å². The summed E-state index contributed by atoms with van der Waals surface area (Å²) in [4.78, 5) is 15.8. The van der Waals surface area contributed by atoms with Gasteiger partial charge in [0.2, 0.25) is 0 Å². The van der Waals surface area contributed by atoms with Crippen LogP contribution in [-0.2, 0) is 0 Å². The molecule has 1 N–H and O–H groups in total. The second-order valence-electron chi connectivity index (χ2n) is 4.09. The number of aromatic carboxylic acids is 1. The Morgan fingerprint density at radius 3 is 2.71 bits per heavy atom. The molecule has 0 radical (unpaired) electrons. The third-order valence-electron chi connectivity index (χ3n) is 3.13. The summed E-state index contributed by atoms with van der Waals surface area (Å²) in [6.07, 6.45) is 3.55. The van der Waals surface area contributed by atoms with E-state index < -0.39 is 5.97 Å². The van der Waals surface area contributed by atoms with Gasteiger partial charge in [-0.1, -0.05) is 19.9 Å². The first-order valence-electron chi connectivity index (χ1n) is 5.89. The zero-order valence-electron chi connectivity index (χ0n) is 10.1. The van der Waals surface area contributed by atoms with Crippen LogP contribution in [0.2, 0.25) is 0 Å². The van der Waals surface area contributed by atoms with Crippen molar-refractivity contribution in [3.63, 3.8) is 0 Å². The molecule has 0 bridgehead atoms. The normalized spacial score (nSPS) is 11.2. The van der Waals surface area contributed by atoms with Gasteiger partial charge in [-0.25, -0.2) is 9.78 Å². The smallest absolute Gasteiger partial charge is 0.354 e. The summed E-state index contributed by atoms with van der Waals surface area (Å²) < 4.78 is 1.65. The lowest BCUT2D eigenvalue weighted by Crippen LogP contribution is -2.08. The molecule has 17 heavy (non-hydrogen) atoms. The van der Waals surface area contributed by atoms with E-state index >= 15 is 0 Å². The second kappa shape index (κ2) is 4.57. The molecular formula is C13H16N2O2. The van der Waals surface area contributed by atoms with Gasteiger partial charge in [-0.2, -0.15) is 0 Å². The quantitative estimate of drug-likeness (QED) is 0.881. The van der Waals surface area contributed by atoms with Crippen molar-refractivity contribution in [3.8, 4) is 0 Å². The lowest BCUT2D eigenvalue weighted by Gasteiger charge is -2.09. The predicted molar refractivity (Wildman–Crippen MR) is 65.5 cm³/mol. The van der Waals surface area contributed by atoms with E-state index in [1.165, 1.54) is 0 Å². The van der Waals surface area contributed by atoms with E-state index in [-0.39, 0.29) is 5.92 Å². The van der Waals surface area contributed by atoms with Gasteiger partial charge in [-0.15, -0.1) is 0 Å². The van der Waals surface area contributed by atoms with E-state index in [2.05, 4.69) is 18.8 Å². The van der Waals surface area contributed by atoms with E-state index in [0.29, 0.717) is 17.0 Å². The first-order chi connectivity index (χ1) is 8.19. The van der Waals surface area contributed by atoms with Crippen LogP contribution in [0.3, 0.4) is 0 Å². The van der Waals surface area contributed by atoms with Crippen molar-refractivity contribution >= 4 is 11.6 Å². The minimum absolute atomic E-state index is 0.209. The van der Waals surface area contributed by atoms with Crippen LogP contribution in [0.25, 0.3) is 5.65 Å². The Hall–Kier alpha value is -1.84. The highest BCUT2D eigenvalue weighted by Crippen LogP contribution is 2.26. The fourth-order valence-electron chi connectivity index (χ4n) is 2.19. The Morgan fingerprint density at radius 2 is 2.12 bits per heavy atom. The van der Waals surface area contributed by atoms with E-state index in [9.17, 15) is 9.90 Å². The maximum atomic E-state index is 11.4. The molecular weight excluding hydrogens is 216 g/mol. The number of fused-ring (bicyclic) bond motifs is 1. The standard InChI is InChI=1S/C13H16N2O2/c1-3-9(4-2)11-12(13(16)17)15-8-6-5-7-10(15)14-11/h5-9H,3-4H2,1-2H3,(H,16,17). The number of carboxylic acids is 1. The highest BCUT2D eigenvalue weighted by atomic mass is 16.4. The molecule has 90 valence electrons. The van der Waals surface area contributed by atoms with Crippen molar-refractivity contribution in [2.45, 2.75) is 32.6 Å². The van der Waals surface area contributed by atoms with Crippen molar-refractivity contribution in [2.75, 3.05) is 0 Å². The van der Waals surface area contributed by atoms with Crippen LogP contribution in [0.15, 0.2) is 24.4 Å². The van der Waals surface area contributed by atoms with Gasteiger partial charge in [-0.05, 0) is 25.0 Å². The number of pyridine rings is 1. The third-order valence-corrected chi connectivity index (χ3v) is 3.13. The summed E-state index contributed by atoms with van der Waals surface area (Å²) in [6, 6.07) is 5.51. The lowest BCUT2D eigenvalue weighted by molar-refractivity contribution is 0.0687. The molecule has 0 atom stereocenters. The Balaban J connectivity index is 2.69. The molecule has 0 aliphatic rings. The maximum absolute atomic E-state index is 11.4. The first-order valence-corrected chi connectivity index (χ1v) is 5.89. The number of carbonyl (C=O) groups is 1. The van der Waals surface area contributed by atoms with Gasteiger partial charge in [0, 0.05) is 12.1 Å². The summed E-state index contributed by atoms with van der Waals surface area (Å²) in [5, 5.41) is 9.33. The molecule has 0 amide bonds. The SMILES string of the molecule is CCC(CC)c1nc2ccccn2c1C(=O)O. The van der Waals surface area contributed by atoms with E-state index in [0.717, 1.165) is 12.8 Å². The molecule has 0 aliphatic carbocycles. The summed E-state index contributed by atoms with van der Waals surface area (Å²) in [6.45, 7) is 4.12. The van der Waals surface area contributed by atoms with Crippen LogP contribution in [0, 0.1) is 0 Å². The number of hydrogen-bond donors (Lipinski definition) is 1. The van der Waals surface area contributed by atoms with Crippen molar-refractivity contribution in [2.24, 2.45) is 0 Å². The molecule has 2 aromatic rings. The first kappa shape index (κ1) is 11.6. The van der Waals surface area contributed by atoms with Crippen LogP contribution in [-0.4, -0.2) is 20.5 Å². The van der Waals surface area contributed by atoms with Crippen LogP contribution in [0.4, 0.5) is 0 Å². The average molecular weight is 232 g/mol. The van der Waals surface area contributed by atoms with Crippen molar-refractivity contribution < 1.29 is 9.90 Å². The molecule has 2 rings (SSSR count). The van der Waals surface area contributed by atoms with Crippen molar-refractivity contribution in [1.82, 2.24) is 9.38 Å². The molecule has 0 aliphatic heterocycles. The Morgan fingerprint density at radius 1 is 1.41 bits per heavy atom. The van der Waals surface area contributed by atoms with Gasteiger partial charge in [0.15, 0.2) is 5.69 Å². The fourth-order valence-corrected chi connectivity index (χ4v) is 2.19. The number of rotatable bonds is 4. The van der Waals surface area contributed by atoms with Gasteiger partial charge >= 0.3 is 5.97 Å². The predicted octanol–water partition coefficient (Wildman–Crippen LogP) is 2.94. The number of nitrogens with zero attached hydrogens (tertiary/aromatic N) is 2. The monoisotopic (exact) mass is 232 g/mol. The summed E-state index contributed by atoms with van der Waals surface area (Å²) in [5.74, 6) is -0.702. The molecule has 4 nitrogen and oxygen atoms in total. The highest BCUT2D eigenvalue weighted by Gasteiger charge is 2.22. The van der Waals surface area contributed by atoms with E-state index in [1.807, 2.05) is 18.2 Å². The van der Waals surface area contributed by atoms with Gasteiger partial charge in [0.1, 0.15) is 5.65 Å². The topological polar surface area (TPSA) is 54.6 Å². The summed E-state index contributed by atoms with van der Waals surface area (Å²) in [7, 11) is 0. The number of aromatic nitrogens is 2. The van der Waals surface area contributed by atoms with Crippen molar-refractivity contribution in [1.29, 1.82) is 0 Å². The Bertz CT molecular complexity index is 541. The van der Waals surface area contributed by atoms with Crippen LogP contribution >= 0.6 is 0 Å². The Kier molecular flexibility index (Phi) is 3.13. The highest BCUT2D eigenvalue weighted by molar-refractivity contribution is 5.88. The zero-order valence-corrected chi connectivity index (χ0v) is 10.1. The minimum atomic E-state index is -0.911. The minimum Gasteiger partial charge on any atom is -0.477 e. The van der Waals surface area contributed by atoms with E-state index in [4.69, 9.17) is 0 Å². The molecule has 0 unspecified atom stereocenters. The number of carboxylic acid groups (broad SMARTS) is 1. The molecule has 2 heterocycles. The lowest BCUT2D eigenvalue weighted by atomic mass is 9.98. The second-order valence-corrected chi connectivity index (χ2v) is 4.09. The van der Waals surface area contributed by atoms with Gasteiger partial charge < -0.3 is 5.11 Å². The maximum Gasteiger partial charge on any atom is 0.354 e. The largest absolute Gasteiger partial charge is 0.477 e. The van der Waals surface area contributed by atoms with Gasteiger partial charge in [0.25, 0.3) is 0 Å². The van der Waals surface area contributed by atoms with Gasteiger partial charge in [0.05, 0.1) is 5.69 Å². The number of imidazole rings is 1. The molecule has 0 saturated heterocycles. The molecule has 0 aromatic carbocycles. The molecule has 0 saturated carbocycles. The van der Waals surface area contributed by atoms with Crippen LogP contribution in [0.1, 0.15) is 48.8 Å². The molecule has 0 fully saturated rings. The number of hydrogen-bond acceptors (Lipinski definition) is 2.